The molecule has 0 radical (unpaired) electrons. The number of hydrogen-bond donors (Lipinski definition) is 1. The van der Waals surface area contributed by atoms with Crippen LogP contribution in [0.2, 0.25) is 10.0 Å². The molecule has 1 atom stereocenters. The SMILES string of the molecule is CCOc1ccc(S(=O)(=O)N2CCC[C@H](C(=O)NCc3ccc(Cl)cc3Cl)C2)cc1. The molecule has 0 spiro atoms. The van der Waals surface area contributed by atoms with Gasteiger partial charge >= 0.3 is 0 Å². The Morgan fingerprint density at radius 2 is 1.93 bits per heavy atom. The minimum absolute atomic E-state index is 0.149. The first-order valence-corrected chi connectivity index (χ1v) is 12.0. The normalized spacial score (nSPS) is 17.5. The average molecular weight is 471 g/mol. The van der Waals surface area contributed by atoms with Crippen molar-refractivity contribution in [2.45, 2.75) is 31.2 Å². The molecule has 0 bridgehead atoms. The van der Waals surface area contributed by atoms with Gasteiger partial charge in [-0.1, -0.05) is 29.3 Å². The lowest BCUT2D eigenvalue weighted by atomic mass is 9.99. The van der Waals surface area contributed by atoms with Gasteiger partial charge in [0.15, 0.2) is 0 Å². The second-order valence-corrected chi connectivity index (χ2v) is 9.84. The molecule has 2 aromatic rings. The van der Waals surface area contributed by atoms with Crippen LogP contribution in [-0.2, 0) is 21.4 Å². The van der Waals surface area contributed by atoms with Crippen LogP contribution < -0.4 is 10.1 Å². The maximum absolute atomic E-state index is 13.0. The molecular formula is C21H24Cl2N2O4S. The fourth-order valence-corrected chi connectivity index (χ4v) is 5.39. The smallest absolute Gasteiger partial charge is 0.243 e. The zero-order valence-electron chi connectivity index (χ0n) is 16.6. The highest BCUT2D eigenvalue weighted by atomic mass is 35.5. The molecule has 1 fully saturated rings. The lowest BCUT2D eigenvalue weighted by Gasteiger charge is -2.31. The summed E-state index contributed by atoms with van der Waals surface area (Å²) in [6.07, 6.45) is 1.26. The van der Waals surface area contributed by atoms with Crippen LogP contribution >= 0.6 is 23.2 Å². The second-order valence-electron chi connectivity index (χ2n) is 7.06. The van der Waals surface area contributed by atoms with Crippen LogP contribution in [0, 0.1) is 5.92 Å². The van der Waals surface area contributed by atoms with Crippen LogP contribution in [0.4, 0.5) is 0 Å². The minimum atomic E-state index is -3.68. The third-order valence-corrected chi connectivity index (χ3v) is 7.46. The number of hydrogen-bond acceptors (Lipinski definition) is 4. The highest BCUT2D eigenvalue weighted by Gasteiger charge is 2.33. The van der Waals surface area contributed by atoms with Crippen molar-refractivity contribution in [2.75, 3.05) is 19.7 Å². The molecule has 1 N–H and O–H groups in total. The predicted octanol–water partition coefficient (Wildman–Crippen LogP) is 4.11. The molecule has 0 saturated carbocycles. The van der Waals surface area contributed by atoms with E-state index < -0.39 is 15.9 Å². The van der Waals surface area contributed by atoms with Gasteiger partial charge in [-0.05, 0) is 61.7 Å². The van der Waals surface area contributed by atoms with E-state index >= 15 is 0 Å². The quantitative estimate of drug-likeness (QED) is 0.660. The maximum Gasteiger partial charge on any atom is 0.243 e. The number of piperidine rings is 1. The van der Waals surface area contributed by atoms with Crippen molar-refractivity contribution < 1.29 is 17.9 Å². The number of halogens is 2. The van der Waals surface area contributed by atoms with Crippen molar-refractivity contribution in [3.05, 3.63) is 58.1 Å². The number of carbonyl (C=O) groups is 1. The summed E-state index contributed by atoms with van der Waals surface area (Å²) in [5, 5.41) is 3.86. The maximum atomic E-state index is 13.0. The van der Waals surface area contributed by atoms with Crippen LogP contribution in [0.15, 0.2) is 47.4 Å². The molecule has 3 rings (SSSR count). The van der Waals surface area contributed by atoms with Gasteiger partial charge in [-0.15, -0.1) is 0 Å². The third kappa shape index (κ3) is 5.46. The molecule has 6 nitrogen and oxygen atoms in total. The standard InChI is InChI=1S/C21H24Cl2N2O4S/c1-2-29-18-7-9-19(10-8-18)30(27,28)25-11-3-4-16(14-25)21(26)24-13-15-5-6-17(22)12-20(15)23/h5-10,12,16H,2-4,11,13-14H2,1H3,(H,24,26)/t16-/m0/s1. The highest BCUT2D eigenvalue weighted by molar-refractivity contribution is 7.89. The van der Waals surface area contributed by atoms with Gasteiger partial charge in [-0.2, -0.15) is 4.31 Å². The zero-order chi connectivity index (χ0) is 21.7. The Kier molecular flexibility index (Phi) is 7.63. The lowest BCUT2D eigenvalue weighted by molar-refractivity contribution is -0.126. The Labute approximate surface area is 187 Å². The first kappa shape index (κ1) is 22.9. The largest absolute Gasteiger partial charge is 0.494 e. The van der Waals surface area contributed by atoms with Gasteiger partial charge in [0.25, 0.3) is 0 Å². The van der Waals surface area contributed by atoms with Crippen molar-refractivity contribution in [3.63, 3.8) is 0 Å². The predicted molar refractivity (Wildman–Crippen MR) is 117 cm³/mol. The average Bonchev–Trinajstić information content (AvgIpc) is 2.73. The topological polar surface area (TPSA) is 75.7 Å². The Bertz CT molecular complexity index is 997. The summed E-state index contributed by atoms with van der Waals surface area (Å²) in [6, 6.07) is 11.4. The van der Waals surface area contributed by atoms with E-state index in [1.54, 1.807) is 30.3 Å². The van der Waals surface area contributed by atoms with E-state index in [1.165, 1.54) is 16.4 Å². The Morgan fingerprint density at radius 3 is 2.60 bits per heavy atom. The summed E-state index contributed by atoms with van der Waals surface area (Å²) in [7, 11) is -3.68. The molecule has 0 aliphatic carbocycles. The first-order chi connectivity index (χ1) is 14.3. The molecule has 1 aliphatic heterocycles. The molecule has 1 aliphatic rings. The molecule has 1 saturated heterocycles. The van der Waals surface area contributed by atoms with E-state index in [1.807, 2.05) is 6.92 Å². The Balaban J connectivity index is 1.64. The Morgan fingerprint density at radius 1 is 1.20 bits per heavy atom. The number of nitrogens with zero attached hydrogens (tertiary/aromatic N) is 1. The van der Waals surface area contributed by atoms with Crippen LogP contribution in [0.1, 0.15) is 25.3 Å². The second kappa shape index (κ2) is 10.0. The van der Waals surface area contributed by atoms with E-state index in [2.05, 4.69) is 5.32 Å². The van der Waals surface area contributed by atoms with Gasteiger partial charge in [0.1, 0.15) is 5.75 Å². The van der Waals surface area contributed by atoms with Gasteiger partial charge in [-0.25, -0.2) is 8.42 Å². The van der Waals surface area contributed by atoms with Crippen LogP contribution in [0.25, 0.3) is 0 Å². The molecule has 1 heterocycles. The number of rotatable bonds is 7. The minimum Gasteiger partial charge on any atom is -0.494 e. The first-order valence-electron chi connectivity index (χ1n) is 9.76. The van der Waals surface area contributed by atoms with Crippen molar-refractivity contribution in [2.24, 2.45) is 5.92 Å². The fraction of sp³-hybridized carbons (Fsp3) is 0.381. The number of nitrogens with one attached hydrogen (secondary N) is 1. The van der Waals surface area contributed by atoms with Crippen molar-refractivity contribution in [1.82, 2.24) is 9.62 Å². The molecule has 0 unspecified atom stereocenters. The van der Waals surface area contributed by atoms with Crippen molar-refractivity contribution in [3.8, 4) is 5.75 Å². The van der Waals surface area contributed by atoms with Gasteiger partial charge < -0.3 is 10.1 Å². The summed E-state index contributed by atoms with van der Waals surface area (Å²) >= 11 is 12.0. The van der Waals surface area contributed by atoms with Crippen LogP contribution in [0.3, 0.4) is 0 Å². The number of ether oxygens (including phenoxy) is 1. The number of sulfonamides is 1. The summed E-state index contributed by atoms with van der Waals surface area (Å²) in [5.41, 5.74) is 0.754. The monoisotopic (exact) mass is 470 g/mol. The molecule has 162 valence electrons. The van der Waals surface area contributed by atoms with Crippen molar-refractivity contribution in [1.29, 1.82) is 0 Å². The van der Waals surface area contributed by atoms with E-state index in [4.69, 9.17) is 27.9 Å². The molecule has 9 heteroatoms. The number of benzene rings is 2. The van der Waals surface area contributed by atoms with Crippen LogP contribution in [0.5, 0.6) is 5.75 Å². The van der Waals surface area contributed by atoms with Gasteiger partial charge in [0.2, 0.25) is 15.9 Å². The molecule has 0 aromatic heterocycles. The third-order valence-electron chi connectivity index (χ3n) is 5.00. The number of carbonyl (C=O) groups excluding carboxylic acids is 1. The number of amides is 1. The fourth-order valence-electron chi connectivity index (χ4n) is 3.39. The Hall–Kier alpha value is -1.80. The van der Waals surface area contributed by atoms with Gasteiger partial charge in [0.05, 0.1) is 17.4 Å². The summed E-state index contributed by atoms with van der Waals surface area (Å²) in [4.78, 5) is 12.9. The molecule has 1 amide bonds. The van der Waals surface area contributed by atoms with Crippen LogP contribution in [-0.4, -0.2) is 38.3 Å². The van der Waals surface area contributed by atoms with E-state index in [-0.39, 0.29) is 23.9 Å². The van der Waals surface area contributed by atoms with Gasteiger partial charge in [0, 0.05) is 29.7 Å². The van der Waals surface area contributed by atoms with Gasteiger partial charge in [-0.3, -0.25) is 4.79 Å². The van der Waals surface area contributed by atoms with Crippen molar-refractivity contribution >= 4 is 39.1 Å². The molecule has 30 heavy (non-hydrogen) atoms. The summed E-state index contributed by atoms with van der Waals surface area (Å²) < 4.78 is 32.8. The summed E-state index contributed by atoms with van der Waals surface area (Å²) in [6.45, 7) is 3.18. The van der Waals surface area contributed by atoms with E-state index in [0.29, 0.717) is 41.8 Å². The van der Waals surface area contributed by atoms with E-state index in [9.17, 15) is 13.2 Å². The molecule has 2 aromatic carbocycles. The zero-order valence-corrected chi connectivity index (χ0v) is 18.9. The highest BCUT2D eigenvalue weighted by Crippen LogP contribution is 2.26. The molecular weight excluding hydrogens is 447 g/mol. The van der Waals surface area contributed by atoms with E-state index in [0.717, 1.165) is 5.56 Å². The summed E-state index contributed by atoms with van der Waals surface area (Å²) in [5.74, 6) is 0.0168. The lowest BCUT2D eigenvalue weighted by Crippen LogP contribution is -2.45.